The summed E-state index contributed by atoms with van der Waals surface area (Å²) in [6.07, 6.45) is 1.31. The third-order valence-electron chi connectivity index (χ3n) is 3.97. The molecule has 0 aliphatic carbocycles. The van der Waals surface area contributed by atoms with E-state index in [4.69, 9.17) is 11.6 Å². The molecule has 0 spiro atoms. The summed E-state index contributed by atoms with van der Waals surface area (Å²) in [7, 11) is 0. The number of nitro groups is 1. The van der Waals surface area contributed by atoms with Crippen LogP contribution in [-0.4, -0.2) is 37.6 Å². The molecule has 0 saturated heterocycles. The van der Waals surface area contributed by atoms with Crippen molar-refractivity contribution in [2.75, 3.05) is 5.75 Å². The molecular weight excluding hydrogens is 428 g/mol. The average Bonchev–Trinajstić information content (AvgIpc) is 3.17. The van der Waals surface area contributed by atoms with E-state index in [1.807, 2.05) is 41.8 Å². The lowest BCUT2D eigenvalue weighted by atomic mass is 10.2. The lowest BCUT2D eigenvalue weighted by Gasteiger charge is -2.06. The van der Waals surface area contributed by atoms with Crippen LogP contribution in [0, 0.1) is 10.1 Å². The molecule has 0 aliphatic rings. The number of carbonyl (C=O) groups is 1. The highest BCUT2D eigenvalue weighted by molar-refractivity contribution is 7.99. The van der Waals surface area contributed by atoms with Crippen LogP contribution >= 0.6 is 23.4 Å². The van der Waals surface area contributed by atoms with Crippen LogP contribution < -0.4 is 5.43 Å². The predicted molar refractivity (Wildman–Crippen MR) is 116 cm³/mol. The van der Waals surface area contributed by atoms with Gasteiger partial charge in [0.25, 0.3) is 11.6 Å². The van der Waals surface area contributed by atoms with Crippen molar-refractivity contribution in [3.05, 3.63) is 69.2 Å². The van der Waals surface area contributed by atoms with E-state index in [-0.39, 0.29) is 22.4 Å². The monoisotopic (exact) mass is 444 g/mol. The molecule has 0 saturated carbocycles. The van der Waals surface area contributed by atoms with Crippen molar-refractivity contribution in [3.63, 3.8) is 0 Å². The van der Waals surface area contributed by atoms with Crippen molar-refractivity contribution in [2.45, 2.75) is 18.6 Å². The van der Waals surface area contributed by atoms with Crippen molar-refractivity contribution in [1.82, 2.24) is 20.2 Å². The maximum atomic E-state index is 12.1. The number of hydrogen-bond donors (Lipinski definition) is 1. The molecule has 1 N–H and O–H groups in total. The fourth-order valence-corrected chi connectivity index (χ4v) is 3.55. The van der Waals surface area contributed by atoms with Crippen LogP contribution in [-0.2, 0) is 11.3 Å². The number of hydrogen-bond acceptors (Lipinski definition) is 7. The first kappa shape index (κ1) is 21.5. The molecule has 1 aromatic heterocycles. The highest BCUT2D eigenvalue weighted by atomic mass is 35.5. The largest absolute Gasteiger partial charge is 0.302 e. The zero-order valence-corrected chi connectivity index (χ0v) is 17.4. The number of carbonyl (C=O) groups excluding carboxylic acids is 1. The molecule has 0 bridgehead atoms. The molecule has 2 aromatic carbocycles. The lowest BCUT2D eigenvalue weighted by molar-refractivity contribution is -0.384. The smallest absolute Gasteiger partial charge is 0.288 e. The van der Waals surface area contributed by atoms with Gasteiger partial charge in [-0.3, -0.25) is 14.9 Å². The molecule has 0 radical (unpaired) electrons. The van der Waals surface area contributed by atoms with Crippen molar-refractivity contribution in [2.24, 2.45) is 5.10 Å². The van der Waals surface area contributed by atoms with E-state index in [1.165, 1.54) is 30.1 Å². The summed E-state index contributed by atoms with van der Waals surface area (Å²) in [5, 5.41) is 23.8. The average molecular weight is 445 g/mol. The van der Waals surface area contributed by atoms with Gasteiger partial charge in [-0.15, -0.1) is 10.2 Å². The maximum Gasteiger partial charge on any atom is 0.288 e. The SMILES string of the molecule is CCn1c(SCC(=O)N/N=C/c2ccc(Cl)c([N+](=O)[O-])c2)nnc1-c1ccccc1. The first-order valence-corrected chi connectivity index (χ1v) is 10.2. The van der Waals surface area contributed by atoms with E-state index in [0.29, 0.717) is 17.3 Å². The maximum absolute atomic E-state index is 12.1. The third kappa shape index (κ3) is 5.22. The predicted octanol–water partition coefficient (Wildman–Crippen LogP) is 3.77. The minimum atomic E-state index is -0.581. The first-order valence-electron chi connectivity index (χ1n) is 8.87. The van der Waals surface area contributed by atoms with Gasteiger partial charge in [-0.25, -0.2) is 5.43 Å². The highest BCUT2D eigenvalue weighted by Gasteiger charge is 2.14. The number of rotatable bonds is 8. The Morgan fingerprint density at radius 2 is 2.07 bits per heavy atom. The fourth-order valence-electron chi connectivity index (χ4n) is 2.57. The Morgan fingerprint density at radius 1 is 1.30 bits per heavy atom. The van der Waals surface area contributed by atoms with Crippen LogP contribution in [0.2, 0.25) is 5.02 Å². The number of aromatic nitrogens is 3. The summed E-state index contributed by atoms with van der Waals surface area (Å²) in [5.74, 6) is 0.486. The molecule has 0 unspecified atom stereocenters. The van der Waals surface area contributed by atoms with Gasteiger partial charge < -0.3 is 4.57 Å². The van der Waals surface area contributed by atoms with Gasteiger partial charge >= 0.3 is 0 Å². The quantitative estimate of drug-likeness (QED) is 0.245. The molecule has 154 valence electrons. The molecule has 3 aromatic rings. The molecule has 1 amide bonds. The van der Waals surface area contributed by atoms with Crippen molar-refractivity contribution < 1.29 is 9.72 Å². The summed E-state index contributed by atoms with van der Waals surface area (Å²) in [6.45, 7) is 2.64. The van der Waals surface area contributed by atoms with Crippen molar-refractivity contribution in [3.8, 4) is 11.4 Å². The van der Waals surface area contributed by atoms with Crippen LogP contribution in [0.3, 0.4) is 0 Å². The van der Waals surface area contributed by atoms with Gasteiger partial charge in [0.1, 0.15) is 5.02 Å². The zero-order chi connectivity index (χ0) is 21.5. The topological polar surface area (TPSA) is 115 Å². The van der Waals surface area contributed by atoms with Crippen LogP contribution in [0.5, 0.6) is 0 Å². The van der Waals surface area contributed by atoms with E-state index >= 15 is 0 Å². The Balaban J connectivity index is 1.59. The second-order valence-corrected chi connectivity index (χ2v) is 7.32. The minimum absolute atomic E-state index is 0.0347. The van der Waals surface area contributed by atoms with Gasteiger partial charge in [0.2, 0.25) is 0 Å². The van der Waals surface area contributed by atoms with E-state index < -0.39 is 4.92 Å². The Hall–Kier alpha value is -3.24. The molecule has 0 aliphatic heterocycles. The molecule has 9 nitrogen and oxygen atoms in total. The standard InChI is InChI=1S/C19H17ClN6O3S/c1-2-25-18(14-6-4-3-5-7-14)23-24-19(25)30-12-17(27)22-21-11-13-8-9-15(20)16(10-13)26(28)29/h3-11H,2,12H2,1H3,(H,22,27)/b21-11+. The van der Waals surface area contributed by atoms with Crippen LogP contribution in [0.1, 0.15) is 12.5 Å². The molecule has 30 heavy (non-hydrogen) atoms. The van der Waals surface area contributed by atoms with E-state index in [2.05, 4.69) is 20.7 Å². The number of amides is 1. The first-order chi connectivity index (χ1) is 14.5. The summed E-state index contributed by atoms with van der Waals surface area (Å²) >= 11 is 7.02. The summed E-state index contributed by atoms with van der Waals surface area (Å²) in [4.78, 5) is 22.4. The number of hydrazone groups is 1. The van der Waals surface area contributed by atoms with Gasteiger partial charge in [0.05, 0.1) is 16.9 Å². The van der Waals surface area contributed by atoms with Gasteiger partial charge in [-0.2, -0.15) is 5.10 Å². The molecule has 1 heterocycles. The zero-order valence-electron chi connectivity index (χ0n) is 15.9. The molecule has 3 rings (SSSR count). The Kier molecular flexibility index (Phi) is 7.15. The summed E-state index contributed by atoms with van der Waals surface area (Å²) < 4.78 is 1.93. The van der Waals surface area contributed by atoms with E-state index in [1.54, 1.807) is 6.07 Å². The van der Waals surface area contributed by atoms with Crippen molar-refractivity contribution in [1.29, 1.82) is 0 Å². The molecule has 11 heteroatoms. The number of nitrogens with zero attached hydrogens (tertiary/aromatic N) is 5. The molecule has 0 fully saturated rings. The normalized spacial score (nSPS) is 11.0. The lowest BCUT2D eigenvalue weighted by Crippen LogP contribution is -2.20. The number of nitro benzene ring substituents is 1. The van der Waals surface area contributed by atoms with Crippen molar-refractivity contribution >= 4 is 41.2 Å². The van der Waals surface area contributed by atoms with Gasteiger partial charge in [0, 0.05) is 23.7 Å². The van der Waals surface area contributed by atoms with Crippen LogP contribution in [0.15, 0.2) is 58.8 Å². The van der Waals surface area contributed by atoms with E-state index in [0.717, 1.165) is 11.4 Å². The highest BCUT2D eigenvalue weighted by Crippen LogP contribution is 2.25. The Morgan fingerprint density at radius 3 is 2.77 bits per heavy atom. The molecule has 0 atom stereocenters. The Bertz CT molecular complexity index is 1090. The summed E-state index contributed by atoms with van der Waals surface area (Å²) in [6, 6.07) is 13.9. The van der Waals surface area contributed by atoms with Crippen LogP contribution in [0.4, 0.5) is 5.69 Å². The minimum Gasteiger partial charge on any atom is -0.302 e. The van der Waals surface area contributed by atoms with E-state index in [9.17, 15) is 14.9 Å². The Labute approximate surface area is 181 Å². The number of benzene rings is 2. The third-order valence-corrected chi connectivity index (χ3v) is 5.25. The fraction of sp³-hybridized carbons (Fsp3) is 0.158. The van der Waals surface area contributed by atoms with Gasteiger partial charge in [0.15, 0.2) is 11.0 Å². The number of nitrogens with one attached hydrogen (secondary N) is 1. The molecular formula is C19H17ClN6O3S. The second kappa shape index (κ2) is 9.99. The van der Waals surface area contributed by atoms with Crippen LogP contribution in [0.25, 0.3) is 11.4 Å². The summed E-state index contributed by atoms with van der Waals surface area (Å²) in [5.41, 5.74) is 3.55. The second-order valence-electron chi connectivity index (χ2n) is 5.97. The number of halogens is 1. The van der Waals surface area contributed by atoms with Gasteiger partial charge in [-0.1, -0.05) is 59.8 Å². The number of thioether (sulfide) groups is 1. The van der Waals surface area contributed by atoms with Gasteiger partial charge in [-0.05, 0) is 13.0 Å².